The molecule has 0 bridgehead atoms. The highest BCUT2D eigenvalue weighted by atomic mass is 16.6. The van der Waals surface area contributed by atoms with Crippen molar-refractivity contribution >= 4 is 17.9 Å². The van der Waals surface area contributed by atoms with Crippen molar-refractivity contribution in [3.63, 3.8) is 0 Å². The molecule has 1 atom stereocenters. The summed E-state index contributed by atoms with van der Waals surface area (Å²) in [5, 5.41) is 0. The van der Waals surface area contributed by atoms with Crippen LogP contribution in [0.15, 0.2) is 97.2 Å². The van der Waals surface area contributed by atoms with E-state index >= 15 is 0 Å². The zero-order valence-corrected chi connectivity index (χ0v) is 45.8. The van der Waals surface area contributed by atoms with Gasteiger partial charge in [-0.15, -0.1) is 0 Å². The van der Waals surface area contributed by atoms with Gasteiger partial charge >= 0.3 is 17.9 Å². The van der Waals surface area contributed by atoms with Crippen LogP contribution in [0.1, 0.15) is 271 Å². The minimum atomic E-state index is -0.783. The van der Waals surface area contributed by atoms with E-state index in [-0.39, 0.29) is 31.1 Å². The van der Waals surface area contributed by atoms with Crippen LogP contribution in [0.3, 0.4) is 0 Å². The van der Waals surface area contributed by atoms with Crippen LogP contribution in [0.4, 0.5) is 0 Å². The van der Waals surface area contributed by atoms with Crippen LogP contribution in [0.2, 0.25) is 0 Å². The van der Waals surface area contributed by atoms with Crippen molar-refractivity contribution in [2.45, 2.75) is 277 Å². The van der Waals surface area contributed by atoms with Gasteiger partial charge in [0, 0.05) is 19.3 Å². The lowest BCUT2D eigenvalue weighted by Crippen LogP contribution is -2.30. The van der Waals surface area contributed by atoms with Gasteiger partial charge in [-0.1, -0.05) is 246 Å². The van der Waals surface area contributed by atoms with Gasteiger partial charge in [0.1, 0.15) is 13.2 Å². The first-order valence-electron chi connectivity index (χ1n) is 29.2. The Kier molecular flexibility index (Phi) is 54.9. The largest absolute Gasteiger partial charge is 0.462 e. The first kappa shape index (κ1) is 66.3. The average molecular weight is 974 g/mol. The first-order valence-corrected chi connectivity index (χ1v) is 29.2. The van der Waals surface area contributed by atoms with E-state index in [9.17, 15) is 14.4 Å². The fraction of sp³-hybridized carbons (Fsp3) is 0.703. The van der Waals surface area contributed by atoms with Gasteiger partial charge < -0.3 is 14.2 Å². The molecule has 0 amide bonds. The van der Waals surface area contributed by atoms with Gasteiger partial charge in [0.2, 0.25) is 0 Å². The summed E-state index contributed by atoms with van der Waals surface area (Å²) in [5.74, 6) is -0.900. The molecule has 0 aliphatic rings. The summed E-state index contributed by atoms with van der Waals surface area (Å²) < 4.78 is 16.8. The molecule has 1 unspecified atom stereocenters. The molecule has 0 radical (unpaired) electrons. The van der Waals surface area contributed by atoms with Gasteiger partial charge in [0.15, 0.2) is 6.10 Å². The van der Waals surface area contributed by atoms with Gasteiger partial charge in [0.25, 0.3) is 0 Å². The van der Waals surface area contributed by atoms with Crippen LogP contribution in [0.25, 0.3) is 0 Å². The molecule has 6 nitrogen and oxygen atoms in total. The predicted molar refractivity (Wildman–Crippen MR) is 302 cm³/mol. The zero-order chi connectivity index (χ0) is 50.7. The number of carbonyl (C=O) groups excluding carboxylic acids is 3. The fourth-order valence-corrected chi connectivity index (χ4v) is 7.95. The summed E-state index contributed by atoms with van der Waals surface area (Å²) in [5.41, 5.74) is 0. The summed E-state index contributed by atoms with van der Waals surface area (Å²) in [4.78, 5) is 38.0. The van der Waals surface area contributed by atoms with E-state index in [1.807, 2.05) is 0 Å². The third-order valence-electron chi connectivity index (χ3n) is 12.3. The molecule has 0 aromatic carbocycles. The number of hydrogen-bond acceptors (Lipinski definition) is 6. The molecule has 0 aliphatic heterocycles. The average Bonchev–Trinajstić information content (AvgIpc) is 3.36. The molecule has 0 aromatic rings. The van der Waals surface area contributed by atoms with Crippen molar-refractivity contribution in [1.82, 2.24) is 0 Å². The Morgan fingerprint density at radius 1 is 0.300 bits per heavy atom. The topological polar surface area (TPSA) is 78.9 Å². The van der Waals surface area contributed by atoms with Gasteiger partial charge in [-0.05, 0) is 103 Å². The number of carbonyl (C=O) groups is 3. The highest BCUT2D eigenvalue weighted by molar-refractivity contribution is 5.71. The molecule has 0 heterocycles. The van der Waals surface area contributed by atoms with Crippen LogP contribution in [0.5, 0.6) is 0 Å². The molecule has 0 spiro atoms. The highest BCUT2D eigenvalue weighted by Gasteiger charge is 2.19. The third-order valence-corrected chi connectivity index (χ3v) is 12.3. The Bertz CT molecular complexity index is 1400. The lowest BCUT2D eigenvalue weighted by atomic mass is 10.1. The molecule has 0 aliphatic carbocycles. The van der Waals surface area contributed by atoms with E-state index in [2.05, 4.69) is 118 Å². The minimum Gasteiger partial charge on any atom is -0.462 e. The van der Waals surface area contributed by atoms with Crippen LogP contribution < -0.4 is 0 Å². The second-order valence-electron chi connectivity index (χ2n) is 19.2. The number of rotatable bonds is 52. The van der Waals surface area contributed by atoms with Gasteiger partial charge in [0.05, 0.1) is 0 Å². The molecule has 0 saturated carbocycles. The molecule has 6 heteroatoms. The normalized spacial score (nSPS) is 12.8. The summed E-state index contributed by atoms with van der Waals surface area (Å²) in [6.45, 7) is 6.46. The van der Waals surface area contributed by atoms with Crippen LogP contribution in [-0.2, 0) is 28.6 Å². The van der Waals surface area contributed by atoms with Gasteiger partial charge in [-0.3, -0.25) is 14.4 Å². The molecule has 0 aromatic heterocycles. The smallest absolute Gasteiger partial charge is 0.306 e. The lowest BCUT2D eigenvalue weighted by Gasteiger charge is -2.18. The summed E-state index contributed by atoms with van der Waals surface area (Å²) >= 11 is 0. The number of hydrogen-bond donors (Lipinski definition) is 0. The van der Waals surface area contributed by atoms with Crippen molar-refractivity contribution in [1.29, 1.82) is 0 Å². The molecule has 0 saturated heterocycles. The minimum absolute atomic E-state index is 0.0821. The highest BCUT2D eigenvalue weighted by Crippen LogP contribution is 2.15. The summed E-state index contributed by atoms with van der Waals surface area (Å²) in [6, 6.07) is 0. The maximum Gasteiger partial charge on any atom is 0.306 e. The molecular formula is C64H108O6. The van der Waals surface area contributed by atoms with E-state index in [1.165, 1.54) is 116 Å². The maximum absolute atomic E-state index is 12.8. The molecule has 0 N–H and O–H groups in total. The number of allylic oxidation sites excluding steroid dienone is 16. The SMILES string of the molecule is CC/C=C\C/C=C\C/C=C\C/C=C\C/C=C\C/C=C\CCCCCCCCCCC(=O)OCC(COC(=O)CCCCCCCCCC)OC(=O)CCCCCCCCC/C=C\C/C=C\CCCCC. The van der Waals surface area contributed by atoms with Gasteiger partial charge in [-0.25, -0.2) is 0 Å². The molecule has 0 fully saturated rings. The second-order valence-corrected chi connectivity index (χ2v) is 19.2. The molecule has 0 rings (SSSR count). The van der Waals surface area contributed by atoms with E-state index in [0.717, 1.165) is 116 Å². The number of unbranched alkanes of at least 4 members (excludes halogenated alkanes) is 25. The number of ether oxygens (including phenoxy) is 3. The zero-order valence-electron chi connectivity index (χ0n) is 45.8. The van der Waals surface area contributed by atoms with Crippen LogP contribution in [0, 0.1) is 0 Å². The van der Waals surface area contributed by atoms with Crippen molar-refractivity contribution < 1.29 is 28.6 Å². The van der Waals surface area contributed by atoms with Crippen LogP contribution >= 0.6 is 0 Å². The van der Waals surface area contributed by atoms with E-state index in [0.29, 0.717) is 19.3 Å². The Morgan fingerprint density at radius 2 is 0.557 bits per heavy atom. The lowest BCUT2D eigenvalue weighted by molar-refractivity contribution is -0.167. The third kappa shape index (κ3) is 55.3. The number of esters is 3. The first-order chi connectivity index (χ1) is 34.5. The molecule has 70 heavy (non-hydrogen) atoms. The van der Waals surface area contributed by atoms with Crippen LogP contribution in [-0.4, -0.2) is 37.2 Å². The van der Waals surface area contributed by atoms with Crippen molar-refractivity contribution in [2.75, 3.05) is 13.2 Å². The Morgan fingerprint density at radius 3 is 0.900 bits per heavy atom. The second kappa shape index (κ2) is 57.9. The van der Waals surface area contributed by atoms with E-state index in [4.69, 9.17) is 14.2 Å². The quantitative estimate of drug-likeness (QED) is 0.0262. The standard InChI is InChI=1S/C64H108O6/c1-4-7-10-13-16-19-21-23-25-27-28-29-30-31-32-33-34-35-36-38-39-41-43-45-48-51-54-57-63(66)69-60-61(59-68-62(65)56-53-50-47-18-15-12-9-6-3)70-64(67)58-55-52-49-46-44-42-40-37-26-24-22-20-17-14-11-8-5-2/h7,10,16-17,19-20,23-26,28-29,31-32,34-35,61H,4-6,8-9,11-15,18,21-22,27,30,33,36-60H2,1-3H3/b10-7-,19-16-,20-17-,25-23-,26-24-,29-28-,32-31-,35-34-. The molecule has 400 valence electrons. The summed E-state index contributed by atoms with van der Waals surface area (Å²) in [7, 11) is 0. The maximum atomic E-state index is 12.8. The molecular weight excluding hydrogens is 865 g/mol. The van der Waals surface area contributed by atoms with Gasteiger partial charge in [-0.2, -0.15) is 0 Å². The Balaban J connectivity index is 4.24. The van der Waals surface area contributed by atoms with E-state index in [1.54, 1.807) is 0 Å². The van der Waals surface area contributed by atoms with Crippen molar-refractivity contribution in [2.24, 2.45) is 0 Å². The fourth-order valence-electron chi connectivity index (χ4n) is 7.95. The Hall–Kier alpha value is -3.67. The monoisotopic (exact) mass is 973 g/mol. The van der Waals surface area contributed by atoms with Crippen molar-refractivity contribution in [3.05, 3.63) is 97.2 Å². The van der Waals surface area contributed by atoms with E-state index < -0.39 is 6.10 Å². The predicted octanol–water partition coefficient (Wildman–Crippen LogP) is 19.7. The Labute approximate surface area is 432 Å². The van der Waals surface area contributed by atoms with Crippen molar-refractivity contribution in [3.8, 4) is 0 Å². The summed E-state index contributed by atoms with van der Waals surface area (Å²) in [6.07, 6.45) is 76.9.